The third-order valence-electron chi connectivity index (χ3n) is 3.90. The van der Waals surface area contributed by atoms with Crippen molar-refractivity contribution in [1.29, 1.82) is 0 Å². The molecule has 0 saturated heterocycles. The van der Waals surface area contributed by atoms with Crippen molar-refractivity contribution < 1.29 is 9.90 Å². The van der Waals surface area contributed by atoms with E-state index in [1.165, 1.54) is 0 Å². The molecule has 0 aliphatic heterocycles. The highest BCUT2D eigenvalue weighted by molar-refractivity contribution is 5.99. The van der Waals surface area contributed by atoms with Crippen LogP contribution in [0.1, 0.15) is 53.4 Å². The molecule has 1 aromatic heterocycles. The molecule has 1 heterocycles. The second-order valence-electron chi connectivity index (χ2n) is 5.10. The van der Waals surface area contributed by atoms with Gasteiger partial charge in [-0.05, 0) is 43.9 Å². The lowest BCUT2D eigenvalue weighted by Crippen LogP contribution is -1.98. The maximum absolute atomic E-state index is 11.3. The standard InChI is InChI=1S/C16H19NO2/c1-5-9(2)12-6-13(8-18)15-14(7-12)16(19)10(3)11(4)17-15/h6-9H,5H2,1-4H3,(H,17,19). The van der Waals surface area contributed by atoms with Crippen molar-refractivity contribution in [1.82, 2.24) is 4.98 Å². The summed E-state index contributed by atoms with van der Waals surface area (Å²) in [7, 11) is 0. The summed E-state index contributed by atoms with van der Waals surface area (Å²) in [5, 5.41) is 11.0. The van der Waals surface area contributed by atoms with E-state index in [1.807, 2.05) is 26.0 Å². The van der Waals surface area contributed by atoms with Gasteiger partial charge in [0.25, 0.3) is 0 Å². The molecule has 19 heavy (non-hydrogen) atoms. The van der Waals surface area contributed by atoms with Gasteiger partial charge in [0.2, 0.25) is 0 Å². The lowest BCUT2D eigenvalue weighted by Gasteiger charge is -2.14. The van der Waals surface area contributed by atoms with Gasteiger partial charge in [0, 0.05) is 22.2 Å². The van der Waals surface area contributed by atoms with Gasteiger partial charge in [-0.2, -0.15) is 0 Å². The fourth-order valence-electron chi connectivity index (χ4n) is 2.22. The Labute approximate surface area is 113 Å². The number of carbonyl (C=O) groups excluding carboxylic acids is 1. The molecule has 0 bridgehead atoms. The molecule has 2 rings (SSSR count). The third kappa shape index (κ3) is 2.21. The maximum atomic E-state index is 11.3. The van der Waals surface area contributed by atoms with E-state index in [-0.39, 0.29) is 5.75 Å². The Hall–Kier alpha value is -1.90. The zero-order chi connectivity index (χ0) is 14.2. The van der Waals surface area contributed by atoms with Gasteiger partial charge >= 0.3 is 0 Å². The van der Waals surface area contributed by atoms with Crippen LogP contribution in [0.5, 0.6) is 5.75 Å². The number of aromatic hydroxyl groups is 1. The van der Waals surface area contributed by atoms with Gasteiger partial charge < -0.3 is 5.11 Å². The number of nitrogens with zero attached hydrogens (tertiary/aromatic N) is 1. The molecule has 1 unspecified atom stereocenters. The molecule has 3 heteroatoms. The Morgan fingerprint density at radius 3 is 2.63 bits per heavy atom. The Morgan fingerprint density at radius 2 is 2.05 bits per heavy atom. The third-order valence-corrected chi connectivity index (χ3v) is 3.90. The number of aromatic nitrogens is 1. The van der Waals surface area contributed by atoms with Gasteiger partial charge in [-0.3, -0.25) is 9.78 Å². The predicted octanol–water partition coefficient (Wildman–Crippen LogP) is 3.88. The van der Waals surface area contributed by atoms with Gasteiger partial charge in [0.1, 0.15) is 5.75 Å². The molecular formula is C16H19NO2. The van der Waals surface area contributed by atoms with Crippen LogP contribution in [0.15, 0.2) is 12.1 Å². The van der Waals surface area contributed by atoms with Crippen molar-refractivity contribution in [3.05, 3.63) is 34.5 Å². The Balaban J connectivity index is 2.85. The first-order valence-corrected chi connectivity index (χ1v) is 6.58. The minimum atomic E-state index is 0.232. The zero-order valence-electron chi connectivity index (χ0n) is 11.8. The Bertz CT molecular complexity index is 647. The molecule has 1 N–H and O–H groups in total. The maximum Gasteiger partial charge on any atom is 0.152 e. The van der Waals surface area contributed by atoms with E-state index < -0.39 is 0 Å². The van der Waals surface area contributed by atoms with Crippen LogP contribution in [0.25, 0.3) is 10.9 Å². The van der Waals surface area contributed by atoms with Gasteiger partial charge in [-0.25, -0.2) is 0 Å². The summed E-state index contributed by atoms with van der Waals surface area (Å²) in [6, 6.07) is 3.83. The molecule has 0 fully saturated rings. The quantitative estimate of drug-likeness (QED) is 0.849. The smallest absolute Gasteiger partial charge is 0.152 e. The van der Waals surface area contributed by atoms with Crippen molar-refractivity contribution in [3.8, 4) is 5.75 Å². The summed E-state index contributed by atoms with van der Waals surface area (Å²) in [5.41, 5.74) is 3.72. The highest BCUT2D eigenvalue weighted by atomic mass is 16.3. The number of rotatable bonds is 3. The highest BCUT2D eigenvalue weighted by Crippen LogP contribution is 2.33. The minimum absolute atomic E-state index is 0.232. The summed E-state index contributed by atoms with van der Waals surface area (Å²) >= 11 is 0. The first-order chi connectivity index (χ1) is 8.99. The summed E-state index contributed by atoms with van der Waals surface area (Å²) in [5.74, 6) is 0.583. The van der Waals surface area contributed by atoms with Crippen molar-refractivity contribution in [3.63, 3.8) is 0 Å². The van der Waals surface area contributed by atoms with E-state index in [0.717, 1.165) is 29.5 Å². The fraction of sp³-hybridized carbons (Fsp3) is 0.375. The van der Waals surface area contributed by atoms with Gasteiger partial charge in [-0.15, -0.1) is 0 Å². The number of benzene rings is 1. The summed E-state index contributed by atoms with van der Waals surface area (Å²) in [4.78, 5) is 15.7. The molecule has 0 aliphatic carbocycles. The number of hydrogen-bond acceptors (Lipinski definition) is 3. The van der Waals surface area contributed by atoms with Crippen molar-refractivity contribution in [2.45, 2.75) is 40.0 Å². The van der Waals surface area contributed by atoms with E-state index in [9.17, 15) is 9.90 Å². The van der Waals surface area contributed by atoms with Gasteiger partial charge in [0.05, 0.1) is 5.52 Å². The summed E-state index contributed by atoms with van der Waals surface area (Å²) in [6.45, 7) is 7.90. The first kappa shape index (κ1) is 13.5. The van der Waals surface area contributed by atoms with E-state index in [2.05, 4.69) is 18.8 Å². The Morgan fingerprint density at radius 1 is 1.37 bits per heavy atom. The second kappa shape index (κ2) is 5.00. The Kier molecular flexibility index (Phi) is 3.56. The second-order valence-corrected chi connectivity index (χ2v) is 5.10. The number of pyridine rings is 1. The minimum Gasteiger partial charge on any atom is -0.507 e. The van der Waals surface area contributed by atoms with Crippen LogP contribution >= 0.6 is 0 Å². The van der Waals surface area contributed by atoms with Crippen LogP contribution in [-0.4, -0.2) is 16.4 Å². The van der Waals surface area contributed by atoms with Crippen molar-refractivity contribution in [2.24, 2.45) is 0 Å². The fourth-order valence-corrected chi connectivity index (χ4v) is 2.22. The van der Waals surface area contributed by atoms with Crippen LogP contribution in [-0.2, 0) is 0 Å². The average molecular weight is 257 g/mol. The molecule has 0 spiro atoms. The van der Waals surface area contributed by atoms with Crippen LogP contribution in [0, 0.1) is 13.8 Å². The van der Waals surface area contributed by atoms with Crippen molar-refractivity contribution >= 4 is 17.2 Å². The zero-order valence-corrected chi connectivity index (χ0v) is 11.8. The van der Waals surface area contributed by atoms with Crippen molar-refractivity contribution in [2.75, 3.05) is 0 Å². The van der Waals surface area contributed by atoms with Gasteiger partial charge in [-0.1, -0.05) is 13.8 Å². The topological polar surface area (TPSA) is 50.2 Å². The molecule has 1 aromatic carbocycles. The van der Waals surface area contributed by atoms with Crippen LogP contribution in [0.2, 0.25) is 0 Å². The van der Waals surface area contributed by atoms with E-state index in [4.69, 9.17) is 0 Å². The SMILES string of the molecule is CCC(C)c1cc(C=O)c2nc(C)c(C)c(O)c2c1. The molecule has 3 nitrogen and oxygen atoms in total. The molecule has 0 saturated carbocycles. The highest BCUT2D eigenvalue weighted by Gasteiger charge is 2.14. The molecule has 2 aromatic rings. The van der Waals surface area contributed by atoms with Crippen LogP contribution < -0.4 is 0 Å². The normalized spacial score (nSPS) is 12.6. The summed E-state index contributed by atoms with van der Waals surface area (Å²) < 4.78 is 0. The number of hydrogen-bond donors (Lipinski definition) is 1. The predicted molar refractivity (Wildman–Crippen MR) is 77.0 cm³/mol. The largest absolute Gasteiger partial charge is 0.507 e. The number of aryl methyl sites for hydroxylation is 1. The van der Waals surface area contributed by atoms with E-state index in [1.54, 1.807) is 0 Å². The lowest BCUT2D eigenvalue weighted by molar-refractivity contribution is 0.112. The molecule has 0 radical (unpaired) electrons. The molecule has 0 aliphatic rings. The van der Waals surface area contributed by atoms with E-state index >= 15 is 0 Å². The average Bonchev–Trinajstić information content (AvgIpc) is 2.43. The molecule has 1 atom stereocenters. The number of fused-ring (bicyclic) bond motifs is 1. The van der Waals surface area contributed by atoms with Crippen LogP contribution in [0.3, 0.4) is 0 Å². The van der Waals surface area contributed by atoms with Gasteiger partial charge in [0.15, 0.2) is 6.29 Å². The number of carbonyl (C=O) groups is 1. The molecule has 0 amide bonds. The van der Waals surface area contributed by atoms with Crippen LogP contribution in [0.4, 0.5) is 0 Å². The molecular weight excluding hydrogens is 238 g/mol. The first-order valence-electron chi connectivity index (χ1n) is 6.58. The number of aldehydes is 1. The monoisotopic (exact) mass is 257 g/mol. The molecule has 100 valence electrons. The van der Waals surface area contributed by atoms with E-state index in [0.29, 0.717) is 22.4 Å². The lowest BCUT2D eigenvalue weighted by atomic mass is 9.93. The summed E-state index contributed by atoms with van der Waals surface area (Å²) in [6.07, 6.45) is 1.80.